The molecular weight excluding hydrogens is 351 g/mol. The molecule has 5 heteroatoms. The van der Waals surface area contributed by atoms with Gasteiger partial charge in [-0.3, -0.25) is 9.59 Å². The van der Waals surface area contributed by atoms with E-state index in [1.165, 1.54) is 0 Å². The smallest absolute Gasteiger partial charge is 0.381 e. The van der Waals surface area contributed by atoms with Gasteiger partial charge in [-0.2, -0.15) is 0 Å². The number of ketones is 1. The van der Waals surface area contributed by atoms with Crippen molar-refractivity contribution in [1.82, 2.24) is 0 Å². The SMILES string of the molecule is CC(=O)C(=O)OC(=O)CC(C)(C)C.[Hf]. The fraction of sp³-hybridized carbons (Fsp3) is 0.667. The first-order chi connectivity index (χ1) is 5.72. The Kier molecular flexibility index (Phi) is 7.16. The minimum absolute atomic E-state index is 0. The van der Waals surface area contributed by atoms with Gasteiger partial charge in [0.25, 0.3) is 0 Å². The van der Waals surface area contributed by atoms with Crippen LogP contribution in [0.15, 0.2) is 0 Å². The van der Waals surface area contributed by atoms with Crippen molar-refractivity contribution in [2.45, 2.75) is 34.1 Å². The van der Waals surface area contributed by atoms with Crippen molar-refractivity contribution < 1.29 is 45.0 Å². The van der Waals surface area contributed by atoms with Gasteiger partial charge in [-0.05, 0) is 5.41 Å². The molecule has 0 rings (SSSR count). The summed E-state index contributed by atoms with van der Waals surface area (Å²) in [5.74, 6) is -2.51. The van der Waals surface area contributed by atoms with Crippen molar-refractivity contribution in [3.8, 4) is 0 Å². The normalized spacial score (nSPS) is 10.0. The van der Waals surface area contributed by atoms with E-state index in [2.05, 4.69) is 4.74 Å². The summed E-state index contributed by atoms with van der Waals surface area (Å²) in [5, 5.41) is 0. The Morgan fingerprint density at radius 1 is 1.14 bits per heavy atom. The summed E-state index contributed by atoms with van der Waals surface area (Å²) >= 11 is 0. The summed E-state index contributed by atoms with van der Waals surface area (Å²) < 4.78 is 4.26. The van der Waals surface area contributed by atoms with Crippen LogP contribution in [0.25, 0.3) is 0 Å². The van der Waals surface area contributed by atoms with Gasteiger partial charge in [0, 0.05) is 32.8 Å². The minimum atomic E-state index is -1.09. The molecule has 0 bridgehead atoms. The quantitative estimate of drug-likeness (QED) is 0.318. The number of carbonyl (C=O) groups excluding carboxylic acids is 3. The molecule has 0 aliphatic heterocycles. The molecule has 0 atom stereocenters. The average Bonchev–Trinajstić information content (AvgIpc) is 1.81. The van der Waals surface area contributed by atoms with E-state index in [9.17, 15) is 14.4 Å². The zero-order valence-corrected chi connectivity index (χ0v) is 12.4. The number of hydrogen-bond donors (Lipinski definition) is 0. The number of rotatable bonds is 2. The molecule has 4 nitrogen and oxygen atoms in total. The first-order valence-corrected chi connectivity index (χ1v) is 3.98. The zero-order chi connectivity index (χ0) is 10.6. The molecule has 0 saturated heterocycles. The number of ether oxygens (including phenoxy) is 1. The van der Waals surface area contributed by atoms with Crippen LogP contribution in [0.1, 0.15) is 34.1 Å². The van der Waals surface area contributed by atoms with E-state index in [0.717, 1.165) is 6.92 Å². The van der Waals surface area contributed by atoms with E-state index < -0.39 is 17.7 Å². The van der Waals surface area contributed by atoms with Crippen LogP contribution in [0.4, 0.5) is 0 Å². The van der Waals surface area contributed by atoms with E-state index in [0.29, 0.717) is 0 Å². The molecule has 0 aromatic carbocycles. The first kappa shape index (κ1) is 16.1. The molecule has 14 heavy (non-hydrogen) atoms. The van der Waals surface area contributed by atoms with Gasteiger partial charge in [0.1, 0.15) is 0 Å². The maximum absolute atomic E-state index is 11.0. The van der Waals surface area contributed by atoms with E-state index in [-0.39, 0.29) is 37.7 Å². The van der Waals surface area contributed by atoms with Gasteiger partial charge in [0.05, 0.1) is 6.42 Å². The largest absolute Gasteiger partial charge is 0.387 e. The van der Waals surface area contributed by atoms with Gasteiger partial charge in [0.2, 0.25) is 5.78 Å². The summed E-state index contributed by atoms with van der Waals surface area (Å²) in [7, 11) is 0. The predicted octanol–water partition coefficient (Wildman–Crippen LogP) is 1.08. The molecule has 0 unspecified atom stereocenters. The second-order valence-electron chi connectivity index (χ2n) is 4.06. The molecule has 78 valence electrons. The van der Waals surface area contributed by atoms with Crippen LogP contribution in [0, 0.1) is 5.41 Å². The molecule has 0 fully saturated rings. The van der Waals surface area contributed by atoms with Crippen LogP contribution >= 0.6 is 0 Å². The summed E-state index contributed by atoms with van der Waals surface area (Å²) in [6.45, 7) is 6.58. The maximum atomic E-state index is 11.0. The average molecular weight is 365 g/mol. The van der Waals surface area contributed by atoms with Crippen LogP contribution in [-0.2, 0) is 45.0 Å². The van der Waals surface area contributed by atoms with Crippen molar-refractivity contribution in [2.75, 3.05) is 0 Å². The predicted molar refractivity (Wildman–Crippen MR) is 45.9 cm³/mol. The standard InChI is InChI=1S/C9H14O4.Hf/c1-6(10)8(12)13-7(11)5-9(2,3)4;/h5H2,1-4H3;. The molecule has 0 N–H and O–H groups in total. The van der Waals surface area contributed by atoms with Crippen molar-refractivity contribution in [1.29, 1.82) is 0 Å². The second-order valence-corrected chi connectivity index (χ2v) is 4.06. The second kappa shape index (κ2) is 6.22. The van der Waals surface area contributed by atoms with Gasteiger partial charge in [-0.1, -0.05) is 20.8 Å². The molecular formula is C9H14HfO4. The van der Waals surface area contributed by atoms with Crippen LogP contribution in [-0.4, -0.2) is 17.7 Å². The minimum Gasteiger partial charge on any atom is -0.387 e. The number of esters is 2. The van der Waals surface area contributed by atoms with E-state index in [4.69, 9.17) is 0 Å². The van der Waals surface area contributed by atoms with Crippen molar-refractivity contribution in [3.05, 3.63) is 0 Å². The van der Waals surface area contributed by atoms with Crippen molar-refractivity contribution >= 4 is 17.7 Å². The Bertz CT molecular complexity index is 240. The van der Waals surface area contributed by atoms with Gasteiger partial charge < -0.3 is 4.74 Å². The molecule has 0 amide bonds. The molecule has 0 aromatic rings. The van der Waals surface area contributed by atoms with Gasteiger partial charge in [0.15, 0.2) is 0 Å². The van der Waals surface area contributed by atoms with Crippen LogP contribution in [0.2, 0.25) is 0 Å². The van der Waals surface area contributed by atoms with Crippen LogP contribution in [0.3, 0.4) is 0 Å². The topological polar surface area (TPSA) is 60.4 Å². The molecule has 0 aromatic heterocycles. The summed E-state index contributed by atoms with van der Waals surface area (Å²) in [4.78, 5) is 32.0. The zero-order valence-electron chi connectivity index (χ0n) is 8.84. The Balaban J connectivity index is 0. The van der Waals surface area contributed by atoms with Crippen molar-refractivity contribution in [2.24, 2.45) is 5.41 Å². The maximum Gasteiger partial charge on any atom is 0.381 e. The summed E-state index contributed by atoms with van der Waals surface area (Å²) in [5.41, 5.74) is -0.242. The third kappa shape index (κ3) is 8.29. The van der Waals surface area contributed by atoms with E-state index >= 15 is 0 Å². The Labute approximate surface area is 102 Å². The van der Waals surface area contributed by atoms with E-state index in [1.807, 2.05) is 20.8 Å². The van der Waals surface area contributed by atoms with Crippen molar-refractivity contribution in [3.63, 3.8) is 0 Å². The number of Topliss-reactive ketones (excluding diaryl/α,β-unsaturated/α-hetero) is 1. The molecule has 0 aliphatic carbocycles. The summed E-state index contributed by atoms with van der Waals surface area (Å²) in [6.07, 6.45) is 0.117. The Morgan fingerprint density at radius 3 is 1.86 bits per heavy atom. The molecule has 0 aliphatic rings. The first-order valence-electron chi connectivity index (χ1n) is 3.98. The fourth-order valence-electron chi connectivity index (χ4n) is 0.644. The van der Waals surface area contributed by atoms with Crippen LogP contribution < -0.4 is 0 Å². The van der Waals surface area contributed by atoms with Gasteiger partial charge in [-0.15, -0.1) is 0 Å². The molecule has 0 radical (unpaired) electrons. The molecule has 0 spiro atoms. The third-order valence-electron chi connectivity index (χ3n) is 1.17. The van der Waals surface area contributed by atoms with E-state index in [1.54, 1.807) is 0 Å². The fourth-order valence-corrected chi connectivity index (χ4v) is 0.644. The molecule has 0 heterocycles. The molecule has 0 saturated carbocycles. The Morgan fingerprint density at radius 2 is 1.57 bits per heavy atom. The Hall–Kier alpha value is -0.320. The van der Waals surface area contributed by atoms with Gasteiger partial charge >= 0.3 is 11.9 Å². The monoisotopic (exact) mass is 366 g/mol. The van der Waals surface area contributed by atoms with Gasteiger partial charge in [-0.25, -0.2) is 4.79 Å². The number of carbonyl (C=O) groups is 3. The van der Waals surface area contributed by atoms with Crippen LogP contribution in [0.5, 0.6) is 0 Å². The number of hydrogen-bond acceptors (Lipinski definition) is 4. The third-order valence-corrected chi connectivity index (χ3v) is 1.17. The summed E-state index contributed by atoms with van der Waals surface area (Å²) in [6, 6.07) is 0.